The van der Waals surface area contributed by atoms with Crippen LogP contribution in [0.1, 0.15) is 13.3 Å². The third kappa shape index (κ3) is 5.30. The predicted molar refractivity (Wildman–Crippen MR) is 80.8 cm³/mol. The maximum Gasteiger partial charge on any atom is 0.123 e. The van der Waals surface area contributed by atoms with E-state index in [-0.39, 0.29) is 0 Å². The second kappa shape index (κ2) is 8.41. The summed E-state index contributed by atoms with van der Waals surface area (Å²) in [5, 5.41) is 1.18. The van der Waals surface area contributed by atoms with Crippen molar-refractivity contribution < 1.29 is 4.79 Å². The standard InChI is InChI=1S/C14H14Cl2OS/c1-11(6-3-2-4-9-17)10-18-13-8-5-7-12(15)14(13)16/h2-3,5-9H,4,10H2,1H3/b3-2-,11-6+. The Kier molecular flexibility index (Phi) is 7.18. The molecule has 0 radical (unpaired) electrons. The quantitative estimate of drug-likeness (QED) is 0.409. The lowest BCUT2D eigenvalue weighted by atomic mass is 10.3. The van der Waals surface area contributed by atoms with E-state index in [0.29, 0.717) is 16.5 Å². The first-order valence-corrected chi connectivity index (χ1v) is 7.22. The van der Waals surface area contributed by atoms with Gasteiger partial charge in [0.2, 0.25) is 0 Å². The van der Waals surface area contributed by atoms with E-state index >= 15 is 0 Å². The number of carbonyl (C=O) groups excluding carboxylic acids is 1. The minimum atomic E-state index is 0.455. The molecule has 0 saturated carbocycles. The van der Waals surface area contributed by atoms with Crippen molar-refractivity contribution in [2.75, 3.05) is 5.75 Å². The summed E-state index contributed by atoms with van der Waals surface area (Å²) >= 11 is 13.7. The highest BCUT2D eigenvalue weighted by atomic mass is 35.5. The van der Waals surface area contributed by atoms with Crippen LogP contribution in [0, 0.1) is 0 Å². The number of rotatable bonds is 6. The zero-order valence-corrected chi connectivity index (χ0v) is 12.4. The van der Waals surface area contributed by atoms with Gasteiger partial charge in [-0.3, -0.25) is 0 Å². The van der Waals surface area contributed by atoms with Crippen molar-refractivity contribution in [1.29, 1.82) is 0 Å². The van der Waals surface area contributed by atoms with Crippen LogP contribution in [0.2, 0.25) is 10.0 Å². The number of hydrogen-bond donors (Lipinski definition) is 0. The number of aldehydes is 1. The van der Waals surface area contributed by atoms with E-state index < -0.39 is 0 Å². The van der Waals surface area contributed by atoms with E-state index in [0.717, 1.165) is 16.9 Å². The molecule has 1 nitrogen and oxygen atoms in total. The summed E-state index contributed by atoms with van der Waals surface area (Å²) < 4.78 is 0. The molecule has 0 atom stereocenters. The van der Waals surface area contributed by atoms with Crippen LogP contribution in [0.3, 0.4) is 0 Å². The lowest BCUT2D eigenvalue weighted by molar-refractivity contribution is -0.107. The lowest BCUT2D eigenvalue weighted by Gasteiger charge is -2.05. The van der Waals surface area contributed by atoms with E-state index in [1.54, 1.807) is 17.8 Å². The second-order valence-corrected chi connectivity index (χ2v) is 5.49. The number of hydrogen-bond acceptors (Lipinski definition) is 2. The molecule has 4 heteroatoms. The molecule has 0 bridgehead atoms. The van der Waals surface area contributed by atoms with Gasteiger partial charge in [0.1, 0.15) is 6.29 Å². The molecule has 0 amide bonds. The van der Waals surface area contributed by atoms with Crippen LogP contribution in [-0.4, -0.2) is 12.0 Å². The average molecular weight is 301 g/mol. The highest BCUT2D eigenvalue weighted by Gasteiger charge is 2.04. The molecule has 0 aliphatic heterocycles. The average Bonchev–Trinajstić information content (AvgIpc) is 2.36. The molecular weight excluding hydrogens is 287 g/mol. The maximum atomic E-state index is 10.1. The van der Waals surface area contributed by atoms with E-state index in [1.165, 1.54) is 5.57 Å². The highest BCUT2D eigenvalue weighted by molar-refractivity contribution is 7.99. The number of carbonyl (C=O) groups is 1. The van der Waals surface area contributed by atoms with E-state index in [2.05, 4.69) is 0 Å². The normalized spacial score (nSPS) is 12.1. The Morgan fingerprint density at radius 3 is 2.89 bits per heavy atom. The molecule has 0 aromatic heterocycles. The van der Waals surface area contributed by atoms with Crippen molar-refractivity contribution in [2.24, 2.45) is 0 Å². The Labute approximate surface area is 122 Å². The Bertz CT molecular complexity index is 467. The predicted octanol–water partition coefficient (Wildman–Crippen LogP) is 5.18. The van der Waals surface area contributed by atoms with Crippen LogP contribution in [0.25, 0.3) is 0 Å². The van der Waals surface area contributed by atoms with Crippen molar-refractivity contribution in [1.82, 2.24) is 0 Å². The third-order valence-corrected chi connectivity index (χ3v) is 4.30. The van der Waals surface area contributed by atoms with E-state index in [9.17, 15) is 4.79 Å². The van der Waals surface area contributed by atoms with Gasteiger partial charge < -0.3 is 4.79 Å². The Hall–Kier alpha value is -0.700. The number of benzene rings is 1. The molecule has 1 aromatic rings. The Morgan fingerprint density at radius 2 is 2.17 bits per heavy atom. The van der Waals surface area contributed by atoms with Crippen molar-refractivity contribution in [3.8, 4) is 0 Å². The molecule has 96 valence electrons. The summed E-state index contributed by atoms with van der Waals surface area (Å²) in [5.74, 6) is 0.839. The van der Waals surface area contributed by atoms with Crippen LogP contribution < -0.4 is 0 Å². The van der Waals surface area contributed by atoms with Crippen molar-refractivity contribution in [3.63, 3.8) is 0 Å². The van der Waals surface area contributed by atoms with E-state index in [4.69, 9.17) is 23.2 Å². The second-order valence-electron chi connectivity index (χ2n) is 3.68. The van der Waals surface area contributed by atoms with E-state index in [1.807, 2.05) is 37.3 Å². The summed E-state index contributed by atoms with van der Waals surface area (Å²) in [5.41, 5.74) is 1.21. The van der Waals surface area contributed by atoms with Gasteiger partial charge in [-0.15, -0.1) is 11.8 Å². The molecule has 0 N–H and O–H groups in total. The molecule has 0 heterocycles. The molecule has 0 spiro atoms. The summed E-state index contributed by atoms with van der Waals surface area (Å²) in [6.07, 6.45) is 7.05. The fourth-order valence-electron chi connectivity index (χ4n) is 1.20. The number of thioether (sulfide) groups is 1. The van der Waals surface area contributed by atoms with Gasteiger partial charge in [-0.05, 0) is 19.1 Å². The molecule has 0 fully saturated rings. The highest BCUT2D eigenvalue weighted by Crippen LogP contribution is 2.33. The Morgan fingerprint density at radius 1 is 1.39 bits per heavy atom. The summed E-state index contributed by atoms with van der Waals surface area (Å²) in [4.78, 5) is 11.1. The van der Waals surface area contributed by atoms with Crippen LogP contribution in [0.5, 0.6) is 0 Å². The third-order valence-electron chi connectivity index (χ3n) is 2.12. The molecule has 0 unspecified atom stereocenters. The zero-order valence-electron chi connectivity index (χ0n) is 10.0. The van der Waals surface area contributed by atoms with Gasteiger partial charge in [0.05, 0.1) is 10.0 Å². The minimum absolute atomic E-state index is 0.455. The summed E-state index contributed by atoms with van der Waals surface area (Å²) in [7, 11) is 0. The smallest absolute Gasteiger partial charge is 0.123 e. The fourth-order valence-corrected chi connectivity index (χ4v) is 2.61. The first kappa shape index (κ1) is 15.4. The summed E-state index contributed by atoms with van der Waals surface area (Å²) in [6.45, 7) is 2.04. The van der Waals surface area contributed by atoms with Crippen LogP contribution in [0.15, 0.2) is 46.9 Å². The van der Waals surface area contributed by atoms with Crippen LogP contribution in [-0.2, 0) is 4.79 Å². The monoisotopic (exact) mass is 300 g/mol. The SMILES string of the molecule is C/C(=C\C=C/CC=O)CSc1cccc(Cl)c1Cl. The molecular formula is C14H14Cl2OS. The van der Waals surface area contributed by atoms with Gasteiger partial charge >= 0.3 is 0 Å². The number of allylic oxidation sites excluding steroid dienone is 3. The van der Waals surface area contributed by atoms with Crippen molar-refractivity contribution >= 4 is 41.2 Å². The van der Waals surface area contributed by atoms with Gasteiger partial charge in [-0.1, -0.05) is 53.1 Å². The van der Waals surface area contributed by atoms with Crippen LogP contribution in [0.4, 0.5) is 0 Å². The van der Waals surface area contributed by atoms with Gasteiger partial charge in [0.15, 0.2) is 0 Å². The Balaban J connectivity index is 2.54. The first-order valence-electron chi connectivity index (χ1n) is 5.48. The molecule has 18 heavy (non-hydrogen) atoms. The summed E-state index contributed by atoms with van der Waals surface area (Å²) in [6, 6.07) is 5.62. The lowest BCUT2D eigenvalue weighted by Crippen LogP contribution is -1.83. The number of halogens is 2. The topological polar surface area (TPSA) is 17.1 Å². The van der Waals surface area contributed by atoms with Crippen molar-refractivity contribution in [2.45, 2.75) is 18.2 Å². The first-order chi connectivity index (χ1) is 8.65. The van der Waals surface area contributed by atoms with Gasteiger partial charge in [-0.25, -0.2) is 0 Å². The fraction of sp³-hybridized carbons (Fsp3) is 0.214. The van der Waals surface area contributed by atoms with Crippen LogP contribution >= 0.6 is 35.0 Å². The zero-order chi connectivity index (χ0) is 13.4. The molecule has 0 aliphatic carbocycles. The van der Waals surface area contributed by atoms with Gasteiger partial charge in [0, 0.05) is 17.1 Å². The maximum absolute atomic E-state index is 10.1. The molecule has 0 aliphatic rings. The molecule has 1 rings (SSSR count). The van der Waals surface area contributed by atoms with Gasteiger partial charge in [0.25, 0.3) is 0 Å². The largest absolute Gasteiger partial charge is 0.303 e. The molecule has 1 aromatic carbocycles. The van der Waals surface area contributed by atoms with Crippen molar-refractivity contribution in [3.05, 3.63) is 52.0 Å². The minimum Gasteiger partial charge on any atom is -0.303 e. The van der Waals surface area contributed by atoms with Gasteiger partial charge in [-0.2, -0.15) is 0 Å². The molecule has 0 saturated heterocycles.